The van der Waals surface area contributed by atoms with E-state index < -0.39 is 34.5 Å². The predicted molar refractivity (Wildman–Crippen MR) is 332 cm³/mol. The molecule has 464 valence electrons. The summed E-state index contributed by atoms with van der Waals surface area (Å²) in [5.41, 5.74) is 0. The Kier molecular flexibility index (Phi) is 55.9. The number of aliphatic hydroxyl groups is 4. The maximum Gasteiger partial charge on any atom is 0.0948 e. The minimum absolute atomic E-state index is 0.306. The highest BCUT2D eigenvalue weighted by Gasteiger charge is 2.25. The largest absolute Gasteiger partial charge is 0.748 e. The lowest BCUT2D eigenvalue weighted by atomic mass is 10.0. The second-order valence-corrected chi connectivity index (χ2v) is 26.7. The quantitative estimate of drug-likeness (QED) is 0.0266. The van der Waals surface area contributed by atoms with E-state index in [1.54, 1.807) is 0 Å². The van der Waals surface area contributed by atoms with Gasteiger partial charge in [0.2, 0.25) is 0 Å². The normalized spacial score (nSPS) is 14.7. The number of aliphatic hydroxyl groups excluding tert-OH is 4. The Morgan fingerprint density at radius 2 is 0.519 bits per heavy atom. The van der Waals surface area contributed by atoms with Crippen LogP contribution in [0.3, 0.4) is 0 Å². The standard InChI is InChI=1S/C66H137N3O7S/c1-6-10-14-18-22-26-30-34-38-42-49-63(70)59-67(60-64(71)50-43-39-35-31-27-23-19-15-11-7-2)53-46-55-69(5,57-48-58-77(74,75)76)56-47-54-68(61-65(72)51-44-40-36-32-28-24-20-16-12-8-3)62-66(73)52-45-41-37-33-29-25-21-17-13-9-4/h63-66,70-73H,6-62H2,1-5H3. The fourth-order valence-corrected chi connectivity index (χ4v) is 12.3. The highest BCUT2D eigenvalue weighted by atomic mass is 32.2. The van der Waals surface area contributed by atoms with E-state index in [0.717, 1.165) is 116 Å². The zero-order chi connectivity index (χ0) is 56.8. The van der Waals surface area contributed by atoms with Gasteiger partial charge in [0.05, 0.1) is 61.2 Å². The topological polar surface area (TPSA) is 145 Å². The SMILES string of the molecule is CCCCCCCCCCCCC(O)CN(CCC[N+](C)(CCCN(CC(O)CCCCCCCCCCCC)CC(O)CCCCCCCCCCCC)CCCS(=O)(=O)[O-])CC(O)CCCCCCCCCCCC. The summed E-state index contributed by atoms with van der Waals surface area (Å²) in [6.45, 7) is 14.9. The highest BCUT2D eigenvalue weighted by molar-refractivity contribution is 7.85. The van der Waals surface area contributed by atoms with Crippen molar-refractivity contribution in [1.82, 2.24) is 9.80 Å². The second-order valence-electron chi connectivity index (χ2n) is 25.1. The van der Waals surface area contributed by atoms with Gasteiger partial charge in [0.15, 0.2) is 0 Å². The molecule has 0 fully saturated rings. The van der Waals surface area contributed by atoms with E-state index in [2.05, 4.69) is 44.5 Å². The molecule has 0 aliphatic rings. The zero-order valence-electron chi connectivity index (χ0n) is 52.4. The Morgan fingerprint density at radius 3 is 0.727 bits per heavy atom. The van der Waals surface area contributed by atoms with Crippen molar-refractivity contribution in [3.63, 3.8) is 0 Å². The molecule has 4 unspecified atom stereocenters. The summed E-state index contributed by atoms with van der Waals surface area (Å²) in [5, 5.41) is 45.4. The maximum absolute atomic E-state index is 11.8. The first-order valence-corrected chi connectivity index (χ1v) is 35.8. The lowest BCUT2D eigenvalue weighted by Gasteiger charge is -2.37. The van der Waals surface area contributed by atoms with Crippen LogP contribution in [0, 0.1) is 0 Å². The third-order valence-corrected chi connectivity index (χ3v) is 17.7. The van der Waals surface area contributed by atoms with Crippen LogP contribution in [0.15, 0.2) is 0 Å². The van der Waals surface area contributed by atoms with Gasteiger partial charge in [-0.25, -0.2) is 8.42 Å². The van der Waals surface area contributed by atoms with Crippen LogP contribution in [0.4, 0.5) is 0 Å². The van der Waals surface area contributed by atoms with Crippen molar-refractivity contribution in [2.24, 2.45) is 0 Å². The average molecular weight is 1120 g/mol. The molecule has 11 heteroatoms. The molecule has 0 saturated heterocycles. The average Bonchev–Trinajstić information content (AvgIpc) is 3.38. The van der Waals surface area contributed by atoms with Gasteiger partial charge in [0.1, 0.15) is 0 Å². The van der Waals surface area contributed by atoms with Crippen molar-refractivity contribution < 1.29 is 37.9 Å². The molecule has 4 N–H and O–H groups in total. The lowest BCUT2D eigenvalue weighted by molar-refractivity contribution is -0.909. The minimum atomic E-state index is -4.33. The molecule has 0 radical (unpaired) electrons. The molecule has 0 saturated carbocycles. The van der Waals surface area contributed by atoms with Crippen LogP contribution in [0.25, 0.3) is 0 Å². The van der Waals surface area contributed by atoms with E-state index in [0.29, 0.717) is 43.6 Å². The molecule has 0 amide bonds. The van der Waals surface area contributed by atoms with Crippen molar-refractivity contribution in [3.05, 3.63) is 0 Å². The van der Waals surface area contributed by atoms with E-state index in [1.807, 2.05) is 0 Å². The Balaban J connectivity index is 5.69. The number of unbranched alkanes of at least 4 members (excludes halogenated alkanes) is 36. The van der Waals surface area contributed by atoms with Gasteiger partial charge in [-0.15, -0.1) is 0 Å². The summed E-state index contributed by atoms with van der Waals surface area (Å²) in [4.78, 5) is 4.56. The number of hydrogen-bond donors (Lipinski definition) is 4. The second kappa shape index (κ2) is 56.1. The molecule has 0 aromatic carbocycles. The number of hydrogen-bond acceptors (Lipinski definition) is 9. The zero-order valence-corrected chi connectivity index (χ0v) is 53.2. The molecule has 10 nitrogen and oxygen atoms in total. The molecule has 0 rings (SSSR count). The van der Waals surface area contributed by atoms with E-state index in [4.69, 9.17) is 0 Å². The fourth-order valence-electron chi connectivity index (χ4n) is 11.9. The van der Waals surface area contributed by atoms with Crippen LogP contribution >= 0.6 is 0 Å². The van der Waals surface area contributed by atoms with Gasteiger partial charge in [-0.05, 0) is 25.7 Å². The van der Waals surface area contributed by atoms with Gasteiger partial charge in [-0.3, -0.25) is 9.80 Å². The molecule has 77 heavy (non-hydrogen) atoms. The van der Waals surface area contributed by atoms with Crippen molar-refractivity contribution in [2.45, 2.75) is 354 Å². The van der Waals surface area contributed by atoms with Crippen LogP contribution in [0.2, 0.25) is 0 Å². The van der Waals surface area contributed by atoms with Crippen molar-refractivity contribution in [2.75, 3.05) is 71.7 Å². The summed E-state index contributed by atoms with van der Waals surface area (Å²) in [5.74, 6) is -0.369. The van der Waals surface area contributed by atoms with Crippen LogP contribution in [0.1, 0.15) is 329 Å². The summed E-state index contributed by atoms with van der Waals surface area (Å²) in [6, 6.07) is 0. The van der Waals surface area contributed by atoms with Crippen molar-refractivity contribution in [1.29, 1.82) is 0 Å². The molecule has 0 aromatic heterocycles. The van der Waals surface area contributed by atoms with Gasteiger partial charge < -0.3 is 29.5 Å². The third-order valence-electron chi connectivity index (χ3n) is 16.9. The lowest BCUT2D eigenvalue weighted by Crippen LogP contribution is -2.49. The van der Waals surface area contributed by atoms with Crippen LogP contribution in [-0.2, 0) is 10.1 Å². The smallest absolute Gasteiger partial charge is 0.0948 e. The number of rotatable bonds is 64. The Morgan fingerprint density at radius 1 is 0.325 bits per heavy atom. The molecular formula is C66H137N3O7S. The molecule has 0 aliphatic heterocycles. The molecule has 0 bridgehead atoms. The summed E-state index contributed by atoms with van der Waals surface area (Å²) in [6.07, 6.45) is 53.9. The monoisotopic (exact) mass is 1120 g/mol. The maximum atomic E-state index is 11.8. The Labute approximate surface area is 481 Å². The third kappa shape index (κ3) is 55.9. The van der Waals surface area contributed by atoms with Crippen molar-refractivity contribution >= 4 is 10.1 Å². The summed E-state index contributed by atoms with van der Waals surface area (Å²) < 4.78 is 36.0. The first kappa shape index (κ1) is 76.6. The van der Waals surface area contributed by atoms with Gasteiger partial charge in [-0.1, -0.05) is 285 Å². The van der Waals surface area contributed by atoms with E-state index in [1.165, 1.54) is 205 Å². The minimum Gasteiger partial charge on any atom is -0.748 e. The van der Waals surface area contributed by atoms with Crippen molar-refractivity contribution in [3.8, 4) is 0 Å². The molecule has 4 atom stereocenters. The van der Waals surface area contributed by atoms with Gasteiger partial charge >= 0.3 is 0 Å². The van der Waals surface area contributed by atoms with Crippen LogP contribution in [0.5, 0.6) is 0 Å². The Bertz CT molecular complexity index is 1160. The first-order chi connectivity index (χ1) is 37.3. The van der Waals surface area contributed by atoms with E-state index >= 15 is 0 Å². The first-order valence-electron chi connectivity index (χ1n) is 34.2. The van der Waals surface area contributed by atoms with Crippen LogP contribution < -0.4 is 0 Å². The summed E-state index contributed by atoms with van der Waals surface area (Å²) >= 11 is 0. The van der Waals surface area contributed by atoms with Gasteiger partial charge in [0.25, 0.3) is 0 Å². The van der Waals surface area contributed by atoms with Gasteiger partial charge in [-0.2, -0.15) is 0 Å². The number of quaternary nitrogens is 1. The van der Waals surface area contributed by atoms with Crippen LogP contribution in [-0.4, -0.2) is 144 Å². The molecule has 0 aromatic rings. The predicted octanol–water partition coefficient (Wildman–Crippen LogP) is 16.4. The van der Waals surface area contributed by atoms with E-state index in [9.17, 15) is 33.4 Å². The number of nitrogens with zero attached hydrogens (tertiary/aromatic N) is 3. The van der Waals surface area contributed by atoms with E-state index in [-0.39, 0.29) is 5.75 Å². The summed E-state index contributed by atoms with van der Waals surface area (Å²) in [7, 11) is -2.15. The Hall–Kier alpha value is -0.370. The fraction of sp³-hybridized carbons (Fsp3) is 1.00. The molecular weight excluding hydrogens is 979 g/mol. The van der Waals surface area contributed by atoms with Gasteiger partial charge in [0, 0.05) is 64.3 Å². The highest BCUT2D eigenvalue weighted by Crippen LogP contribution is 2.19. The molecule has 0 heterocycles. The molecule has 0 spiro atoms. The molecule has 0 aliphatic carbocycles.